The van der Waals surface area contributed by atoms with Gasteiger partial charge in [-0.2, -0.15) is 0 Å². The van der Waals surface area contributed by atoms with E-state index in [-0.39, 0.29) is 5.69 Å². The number of aromatic carboxylic acids is 1. The first-order chi connectivity index (χ1) is 7.66. The molecule has 0 saturated heterocycles. The summed E-state index contributed by atoms with van der Waals surface area (Å²) >= 11 is 2.86. The third-order valence-electron chi connectivity index (χ3n) is 1.90. The van der Waals surface area contributed by atoms with Crippen molar-refractivity contribution in [1.29, 1.82) is 0 Å². The first-order valence-corrected chi connectivity index (χ1v) is 6.24. The van der Waals surface area contributed by atoms with E-state index in [0.717, 1.165) is 5.69 Å². The normalized spacial score (nSPS) is 10.3. The lowest BCUT2D eigenvalue weighted by atomic mass is 10.4. The van der Waals surface area contributed by atoms with Crippen LogP contribution in [0.5, 0.6) is 0 Å². The van der Waals surface area contributed by atoms with Crippen molar-refractivity contribution in [1.82, 2.24) is 9.97 Å². The molecule has 0 aliphatic rings. The maximum atomic E-state index is 10.8. The lowest BCUT2D eigenvalue weighted by Crippen LogP contribution is -2.01. The summed E-state index contributed by atoms with van der Waals surface area (Å²) in [5.74, 6) is -0.990. The topological polar surface area (TPSA) is 75.1 Å². The van der Waals surface area contributed by atoms with Gasteiger partial charge in [-0.05, 0) is 6.92 Å². The van der Waals surface area contributed by atoms with Crippen LogP contribution in [0.25, 0.3) is 0 Å². The molecule has 7 heteroatoms. The van der Waals surface area contributed by atoms with Crippen molar-refractivity contribution in [2.45, 2.75) is 13.5 Å². The Kier molecular flexibility index (Phi) is 3.16. The van der Waals surface area contributed by atoms with Crippen molar-refractivity contribution in [2.24, 2.45) is 0 Å². The summed E-state index contributed by atoms with van der Waals surface area (Å²) in [6.07, 6.45) is 0. The fourth-order valence-corrected chi connectivity index (χ4v) is 2.52. The number of hydrogen-bond acceptors (Lipinski definition) is 6. The minimum atomic E-state index is -0.990. The number of carboxylic acids is 1. The standard InChI is InChI=1S/C9H9N3O2S2/c1-5-7(8(13)14)12-9(16-5)10-2-6-3-15-4-11-6/h3-4H,2H2,1H3,(H,10,12)(H,13,14). The van der Waals surface area contributed by atoms with E-state index in [0.29, 0.717) is 16.6 Å². The molecule has 0 spiro atoms. The van der Waals surface area contributed by atoms with Crippen molar-refractivity contribution in [2.75, 3.05) is 5.32 Å². The number of aromatic nitrogens is 2. The number of hydrogen-bond donors (Lipinski definition) is 2. The highest BCUT2D eigenvalue weighted by Crippen LogP contribution is 2.22. The van der Waals surface area contributed by atoms with Crippen LogP contribution in [0.4, 0.5) is 5.13 Å². The molecule has 0 atom stereocenters. The van der Waals surface area contributed by atoms with Crippen molar-refractivity contribution in [3.05, 3.63) is 27.2 Å². The zero-order chi connectivity index (χ0) is 11.5. The molecule has 2 aromatic rings. The van der Waals surface area contributed by atoms with Crippen molar-refractivity contribution >= 4 is 33.8 Å². The highest BCUT2D eigenvalue weighted by molar-refractivity contribution is 7.15. The number of aryl methyl sites for hydroxylation is 1. The summed E-state index contributed by atoms with van der Waals surface area (Å²) in [6.45, 7) is 2.31. The predicted molar refractivity (Wildman–Crippen MR) is 63.3 cm³/mol. The van der Waals surface area contributed by atoms with E-state index in [4.69, 9.17) is 5.11 Å². The molecule has 0 bridgehead atoms. The van der Waals surface area contributed by atoms with Crippen molar-refractivity contribution in [3.63, 3.8) is 0 Å². The lowest BCUT2D eigenvalue weighted by Gasteiger charge is -1.97. The molecule has 0 amide bonds. The van der Waals surface area contributed by atoms with Crippen LogP contribution in [0.1, 0.15) is 21.1 Å². The van der Waals surface area contributed by atoms with Crippen LogP contribution in [0.2, 0.25) is 0 Å². The molecule has 0 aromatic carbocycles. The van der Waals surface area contributed by atoms with Crippen LogP contribution < -0.4 is 5.32 Å². The van der Waals surface area contributed by atoms with Gasteiger partial charge in [0.25, 0.3) is 0 Å². The molecule has 2 rings (SSSR count). The molecule has 0 aliphatic heterocycles. The average Bonchev–Trinajstić information content (AvgIpc) is 2.83. The second kappa shape index (κ2) is 4.58. The Bertz CT molecular complexity index is 493. The second-order valence-electron chi connectivity index (χ2n) is 3.06. The first kappa shape index (κ1) is 11.0. The molecule has 2 N–H and O–H groups in total. The minimum absolute atomic E-state index is 0.116. The van der Waals surface area contributed by atoms with E-state index in [1.807, 2.05) is 5.38 Å². The summed E-state index contributed by atoms with van der Waals surface area (Å²) in [5.41, 5.74) is 2.80. The fourth-order valence-electron chi connectivity index (χ4n) is 1.16. The summed E-state index contributed by atoms with van der Waals surface area (Å²) < 4.78 is 0. The molecular formula is C9H9N3O2S2. The largest absolute Gasteiger partial charge is 0.476 e. The van der Waals surface area contributed by atoms with E-state index >= 15 is 0 Å². The van der Waals surface area contributed by atoms with Gasteiger partial charge in [-0.25, -0.2) is 14.8 Å². The second-order valence-corrected chi connectivity index (χ2v) is 4.98. The molecule has 0 saturated carbocycles. The molecule has 0 fully saturated rings. The Labute approximate surface area is 99.8 Å². The van der Waals surface area contributed by atoms with E-state index in [1.54, 1.807) is 12.4 Å². The number of rotatable bonds is 4. The van der Waals surface area contributed by atoms with E-state index in [1.165, 1.54) is 22.7 Å². The van der Waals surface area contributed by atoms with Crippen LogP contribution >= 0.6 is 22.7 Å². The predicted octanol–water partition coefficient (Wildman–Crippen LogP) is 2.22. The van der Waals surface area contributed by atoms with E-state index < -0.39 is 5.97 Å². The van der Waals surface area contributed by atoms with Gasteiger partial charge in [-0.15, -0.1) is 22.7 Å². The number of carbonyl (C=O) groups is 1. The van der Waals surface area contributed by atoms with Crippen LogP contribution in [0, 0.1) is 6.92 Å². The Balaban J connectivity index is 2.05. The Hall–Kier alpha value is -1.47. The molecule has 16 heavy (non-hydrogen) atoms. The summed E-state index contributed by atoms with van der Waals surface area (Å²) in [7, 11) is 0. The summed E-state index contributed by atoms with van der Waals surface area (Å²) in [6, 6.07) is 0. The van der Waals surface area contributed by atoms with Gasteiger partial charge < -0.3 is 10.4 Å². The quantitative estimate of drug-likeness (QED) is 0.876. The first-order valence-electron chi connectivity index (χ1n) is 4.48. The number of carboxylic acid groups (broad SMARTS) is 1. The van der Waals surface area contributed by atoms with Gasteiger partial charge >= 0.3 is 5.97 Å². The molecule has 5 nitrogen and oxygen atoms in total. The van der Waals surface area contributed by atoms with Gasteiger partial charge in [0.2, 0.25) is 0 Å². The highest BCUT2D eigenvalue weighted by Gasteiger charge is 2.13. The molecule has 0 unspecified atom stereocenters. The highest BCUT2D eigenvalue weighted by atomic mass is 32.1. The third kappa shape index (κ3) is 2.37. The number of nitrogens with one attached hydrogen (secondary N) is 1. The fraction of sp³-hybridized carbons (Fsp3) is 0.222. The third-order valence-corrected chi connectivity index (χ3v) is 3.47. The molecule has 84 valence electrons. The summed E-state index contributed by atoms with van der Waals surface area (Å²) in [5, 5.41) is 14.4. The number of thiazole rings is 2. The average molecular weight is 255 g/mol. The van der Waals surface area contributed by atoms with Gasteiger partial charge in [0.1, 0.15) is 0 Å². The number of anilines is 1. The van der Waals surface area contributed by atoms with Crippen molar-refractivity contribution < 1.29 is 9.90 Å². The van der Waals surface area contributed by atoms with Gasteiger partial charge in [-0.1, -0.05) is 0 Å². The van der Waals surface area contributed by atoms with Gasteiger partial charge in [0.15, 0.2) is 10.8 Å². The SMILES string of the molecule is Cc1sc(NCc2cscn2)nc1C(=O)O. The monoisotopic (exact) mass is 255 g/mol. The molecule has 0 aliphatic carbocycles. The molecule has 2 heterocycles. The molecule has 2 aromatic heterocycles. The van der Waals surface area contributed by atoms with E-state index in [9.17, 15) is 4.79 Å². The van der Waals surface area contributed by atoms with Gasteiger partial charge in [0, 0.05) is 10.3 Å². The van der Waals surface area contributed by atoms with Gasteiger partial charge in [-0.3, -0.25) is 0 Å². The Morgan fingerprint density at radius 3 is 3.00 bits per heavy atom. The van der Waals surface area contributed by atoms with Crippen LogP contribution in [-0.4, -0.2) is 21.0 Å². The molecule has 0 radical (unpaired) electrons. The smallest absolute Gasteiger partial charge is 0.355 e. The minimum Gasteiger partial charge on any atom is -0.476 e. The Morgan fingerprint density at radius 1 is 1.62 bits per heavy atom. The Morgan fingerprint density at radius 2 is 2.44 bits per heavy atom. The van der Waals surface area contributed by atoms with Crippen molar-refractivity contribution in [3.8, 4) is 0 Å². The lowest BCUT2D eigenvalue weighted by molar-refractivity contribution is 0.0690. The van der Waals surface area contributed by atoms with Crippen LogP contribution in [0.15, 0.2) is 10.9 Å². The zero-order valence-electron chi connectivity index (χ0n) is 8.43. The maximum absolute atomic E-state index is 10.8. The van der Waals surface area contributed by atoms with E-state index in [2.05, 4.69) is 15.3 Å². The van der Waals surface area contributed by atoms with Crippen LogP contribution in [-0.2, 0) is 6.54 Å². The molecular weight excluding hydrogens is 246 g/mol. The number of nitrogens with zero attached hydrogens (tertiary/aromatic N) is 2. The summed E-state index contributed by atoms with van der Waals surface area (Å²) in [4.78, 5) is 19.6. The zero-order valence-corrected chi connectivity index (χ0v) is 10.1. The van der Waals surface area contributed by atoms with Crippen LogP contribution in [0.3, 0.4) is 0 Å². The maximum Gasteiger partial charge on any atom is 0.355 e. The van der Waals surface area contributed by atoms with Gasteiger partial charge in [0.05, 0.1) is 17.7 Å².